The van der Waals surface area contributed by atoms with E-state index >= 15 is 0 Å². The Morgan fingerprint density at radius 3 is 2.59 bits per heavy atom. The average Bonchev–Trinajstić information content (AvgIpc) is 2.89. The van der Waals surface area contributed by atoms with E-state index in [0.717, 1.165) is 36.5 Å². The van der Waals surface area contributed by atoms with E-state index in [1.807, 2.05) is 0 Å². The van der Waals surface area contributed by atoms with Gasteiger partial charge in [-0.05, 0) is 85.9 Å². The fourth-order valence-corrected chi connectivity index (χ4v) is 7.49. The zero-order valence-electron chi connectivity index (χ0n) is 14.7. The molecule has 0 aromatic heterocycles. The smallest absolute Gasteiger partial charge is 0.0835 e. The van der Waals surface area contributed by atoms with Gasteiger partial charge in [-0.25, -0.2) is 0 Å². The lowest BCUT2D eigenvalue weighted by Crippen LogP contribution is -2.56. The summed E-state index contributed by atoms with van der Waals surface area (Å²) >= 11 is 0. The van der Waals surface area contributed by atoms with Gasteiger partial charge in [-0.15, -0.1) is 0 Å². The molecule has 0 aromatic carbocycles. The third-order valence-electron chi connectivity index (χ3n) is 8.75. The summed E-state index contributed by atoms with van der Waals surface area (Å²) in [5, 5.41) is 10.4. The number of ether oxygens (including phenoxy) is 1. The summed E-state index contributed by atoms with van der Waals surface area (Å²) in [6, 6.07) is 0. The molecule has 4 saturated carbocycles. The molecule has 1 unspecified atom stereocenters. The summed E-state index contributed by atoms with van der Waals surface area (Å²) in [5.41, 5.74) is 1.06. The summed E-state index contributed by atoms with van der Waals surface area (Å²) < 4.78 is 5.65. The number of rotatable bonds is 1. The highest BCUT2D eigenvalue weighted by Gasteiger charge is 2.59. The molecule has 0 bridgehead atoms. The van der Waals surface area contributed by atoms with Crippen LogP contribution in [0, 0.1) is 34.5 Å². The van der Waals surface area contributed by atoms with Crippen molar-refractivity contribution in [1.29, 1.82) is 0 Å². The van der Waals surface area contributed by atoms with E-state index < -0.39 is 0 Å². The van der Waals surface area contributed by atoms with Crippen molar-refractivity contribution in [3.63, 3.8) is 0 Å². The van der Waals surface area contributed by atoms with Gasteiger partial charge in [0.1, 0.15) is 0 Å². The molecule has 0 aromatic rings. The summed E-state index contributed by atoms with van der Waals surface area (Å²) in [6.45, 7) is 5.13. The third kappa shape index (κ3) is 2.05. The van der Waals surface area contributed by atoms with Crippen LogP contribution in [-0.2, 0) is 4.74 Å². The summed E-state index contributed by atoms with van der Waals surface area (Å²) in [4.78, 5) is 0. The first-order valence-corrected chi connectivity index (χ1v) is 9.69. The third-order valence-corrected chi connectivity index (χ3v) is 8.75. The van der Waals surface area contributed by atoms with E-state index in [9.17, 15) is 5.11 Å². The summed E-state index contributed by atoms with van der Waals surface area (Å²) in [7, 11) is 1.78. The standard InChI is InChI=1S/C20H34O2/c1-19-9-4-5-15(19)14-7-6-13-11-17(21)18(22-3)12-20(13,2)16(14)8-10-19/h13-18,21H,4-12H2,1-3H3/t13-,14-,15-,16?,17-,18-,19-,20-/m0/s1. The maximum atomic E-state index is 10.4. The molecule has 2 nitrogen and oxygen atoms in total. The Hall–Kier alpha value is -0.0800. The predicted molar refractivity (Wildman–Crippen MR) is 88.5 cm³/mol. The van der Waals surface area contributed by atoms with Crippen molar-refractivity contribution in [3.8, 4) is 0 Å². The van der Waals surface area contributed by atoms with Gasteiger partial charge in [0, 0.05) is 7.11 Å². The fraction of sp³-hybridized carbons (Fsp3) is 1.00. The number of hydrogen-bond donors (Lipinski definition) is 1. The molecule has 0 spiro atoms. The lowest BCUT2D eigenvalue weighted by atomic mass is 9.45. The Morgan fingerprint density at radius 2 is 1.82 bits per heavy atom. The molecular weight excluding hydrogens is 272 g/mol. The van der Waals surface area contributed by atoms with Crippen LogP contribution < -0.4 is 0 Å². The minimum absolute atomic E-state index is 0.0666. The van der Waals surface area contributed by atoms with Crippen LogP contribution in [-0.4, -0.2) is 24.4 Å². The maximum absolute atomic E-state index is 10.4. The van der Waals surface area contributed by atoms with Crippen LogP contribution in [0.15, 0.2) is 0 Å². The molecule has 126 valence electrons. The van der Waals surface area contributed by atoms with Crippen molar-refractivity contribution < 1.29 is 9.84 Å². The minimum atomic E-state index is -0.236. The van der Waals surface area contributed by atoms with Gasteiger partial charge in [0.25, 0.3) is 0 Å². The van der Waals surface area contributed by atoms with Gasteiger partial charge in [0.2, 0.25) is 0 Å². The predicted octanol–water partition coefficient (Wildman–Crippen LogP) is 4.41. The van der Waals surface area contributed by atoms with E-state index in [1.54, 1.807) is 7.11 Å². The first kappa shape index (κ1) is 15.4. The van der Waals surface area contributed by atoms with Gasteiger partial charge in [0.05, 0.1) is 12.2 Å². The largest absolute Gasteiger partial charge is 0.390 e. The fourth-order valence-electron chi connectivity index (χ4n) is 7.49. The van der Waals surface area contributed by atoms with E-state index in [0.29, 0.717) is 10.8 Å². The van der Waals surface area contributed by atoms with Gasteiger partial charge in [-0.3, -0.25) is 0 Å². The van der Waals surface area contributed by atoms with Crippen LogP contribution in [0.2, 0.25) is 0 Å². The second-order valence-electron chi connectivity index (χ2n) is 9.52. The van der Waals surface area contributed by atoms with Crippen molar-refractivity contribution in [2.24, 2.45) is 34.5 Å². The van der Waals surface area contributed by atoms with Gasteiger partial charge in [-0.1, -0.05) is 20.3 Å². The van der Waals surface area contributed by atoms with Crippen LogP contribution in [0.5, 0.6) is 0 Å². The van der Waals surface area contributed by atoms with Gasteiger partial charge < -0.3 is 9.84 Å². The van der Waals surface area contributed by atoms with E-state index in [2.05, 4.69) is 13.8 Å². The van der Waals surface area contributed by atoms with Crippen LogP contribution in [0.25, 0.3) is 0 Å². The number of fused-ring (bicyclic) bond motifs is 5. The molecule has 1 N–H and O–H groups in total. The van der Waals surface area contributed by atoms with Crippen molar-refractivity contribution in [2.75, 3.05) is 7.11 Å². The summed E-state index contributed by atoms with van der Waals surface area (Å²) in [5.74, 6) is 3.54. The highest BCUT2D eigenvalue weighted by atomic mass is 16.5. The molecule has 0 saturated heterocycles. The van der Waals surface area contributed by atoms with Crippen LogP contribution in [0.3, 0.4) is 0 Å². The van der Waals surface area contributed by atoms with Gasteiger partial charge in [0.15, 0.2) is 0 Å². The average molecular weight is 306 g/mol. The van der Waals surface area contributed by atoms with Crippen molar-refractivity contribution >= 4 is 0 Å². The molecule has 0 heterocycles. The lowest BCUT2D eigenvalue weighted by Gasteiger charge is -2.61. The van der Waals surface area contributed by atoms with Gasteiger partial charge >= 0.3 is 0 Å². The van der Waals surface area contributed by atoms with E-state index in [1.165, 1.54) is 44.9 Å². The topological polar surface area (TPSA) is 29.5 Å². The Labute approximate surface area is 136 Å². The van der Waals surface area contributed by atoms with Crippen molar-refractivity contribution in [3.05, 3.63) is 0 Å². The Balaban J connectivity index is 1.62. The number of methoxy groups -OCH3 is 1. The summed E-state index contributed by atoms with van der Waals surface area (Å²) in [6.07, 6.45) is 11.9. The number of hydrogen-bond acceptors (Lipinski definition) is 2. The van der Waals surface area contributed by atoms with E-state index in [-0.39, 0.29) is 12.2 Å². The molecule has 22 heavy (non-hydrogen) atoms. The first-order chi connectivity index (χ1) is 10.5. The monoisotopic (exact) mass is 306 g/mol. The molecule has 4 fully saturated rings. The normalized spacial score (nSPS) is 57.8. The molecule has 2 heteroatoms. The Kier molecular flexibility index (Phi) is 3.66. The zero-order chi connectivity index (χ0) is 15.5. The molecule has 4 rings (SSSR count). The van der Waals surface area contributed by atoms with Crippen molar-refractivity contribution in [2.45, 2.75) is 83.8 Å². The Morgan fingerprint density at radius 1 is 1.00 bits per heavy atom. The van der Waals surface area contributed by atoms with Gasteiger partial charge in [-0.2, -0.15) is 0 Å². The zero-order valence-corrected chi connectivity index (χ0v) is 14.7. The van der Waals surface area contributed by atoms with Crippen molar-refractivity contribution in [1.82, 2.24) is 0 Å². The first-order valence-electron chi connectivity index (χ1n) is 9.69. The second kappa shape index (κ2) is 5.21. The lowest BCUT2D eigenvalue weighted by molar-refractivity contribution is -0.163. The second-order valence-corrected chi connectivity index (χ2v) is 9.52. The number of aliphatic hydroxyl groups excluding tert-OH is 1. The highest BCUT2D eigenvalue weighted by molar-refractivity contribution is 5.08. The van der Waals surface area contributed by atoms with Crippen LogP contribution >= 0.6 is 0 Å². The Bertz CT molecular complexity index is 435. The quantitative estimate of drug-likeness (QED) is 0.778. The highest BCUT2D eigenvalue weighted by Crippen LogP contribution is 2.66. The van der Waals surface area contributed by atoms with E-state index in [4.69, 9.17) is 4.74 Å². The van der Waals surface area contributed by atoms with Crippen LogP contribution in [0.4, 0.5) is 0 Å². The SMILES string of the molecule is CO[C@H]1C[C@]2(C)C3CC[C@]4(C)CCC[C@H]4[C@@H]3CC[C@H]2C[C@@H]1O. The molecule has 0 amide bonds. The molecule has 4 aliphatic rings. The molecule has 0 radical (unpaired) electrons. The number of aliphatic hydroxyl groups is 1. The molecular formula is C20H34O2. The van der Waals surface area contributed by atoms with Crippen LogP contribution in [0.1, 0.15) is 71.6 Å². The maximum Gasteiger partial charge on any atom is 0.0835 e. The minimum Gasteiger partial charge on any atom is -0.390 e. The molecule has 0 aliphatic heterocycles. The molecule has 8 atom stereocenters. The molecule has 4 aliphatic carbocycles.